The minimum atomic E-state index is -0.202. The van der Waals surface area contributed by atoms with Crippen LogP contribution in [0.1, 0.15) is 36.7 Å². The topological polar surface area (TPSA) is 44.7 Å². The summed E-state index contributed by atoms with van der Waals surface area (Å²) in [7, 11) is 0. The predicted octanol–water partition coefficient (Wildman–Crippen LogP) is 3.69. The molecule has 0 unspecified atom stereocenters. The molecule has 0 radical (unpaired) electrons. The summed E-state index contributed by atoms with van der Waals surface area (Å²) in [6.07, 6.45) is 0. The van der Waals surface area contributed by atoms with Gasteiger partial charge in [-0.2, -0.15) is 5.10 Å². The Labute approximate surface area is 137 Å². The maximum atomic E-state index is 12.2. The smallest absolute Gasteiger partial charge is 0.271 e. The van der Waals surface area contributed by atoms with Gasteiger partial charge in [0.2, 0.25) is 0 Å². The lowest BCUT2D eigenvalue weighted by atomic mass is 10.1. The first-order valence-corrected chi connectivity index (χ1v) is 7.90. The molecule has 1 amide bonds. The molecule has 2 aromatic carbocycles. The summed E-state index contributed by atoms with van der Waals surface area (Å²) in [6, 6.07) is 17.4. The van der Waals surface area contributed by atoms with Gasteiger partial charge in [0.25, 0.3) is 5.91 Å². The van der Waals surface area contributed by atoms with E-state index in [4.69, 9.17) is 0 Å². The minimum Gasteiger partial charge on any atom is -0.372 e. The molecule has 0 atom stereocenters. The van der Waals surface area contributed by atoms with Crippen LogP contribution in [0.2, 0.25) is 0 Å². The number of nitrogens with zero attached hydrogens (tertiary/aromatic N) is 2. The summed E-state index contributed by atoms with van der Waals surface area (Å²) in [6.45, 7) is 8.00. The van der Waals surface area contributed by atoms with E-state index in [0.717, 1.165) is 30.1 Å². The van der Waals surface area contributed by atoms with Gasteiger partial charge in [0, 0.05) is 24.3 Å². The van der Waals surface area contributed by atoms with E-state index in [1.165, 1.54) is 0 Å². The molecule has 0 aliphatic rings. The van der Waals surface area contributed by atoms with Crippen LogP contribution in [0.4, 0.5) is 5.69 Å². The van der Waals surface area contributed by atoms with E-state index in [1.807, 2.05) is 61.5 Å². The van der Waals surface area contributed by atoms with Crippen molar-refractivity contribution in [1.82, 2.24) is 5.43 Å². The fourth-order valence-electron chi connectivity index (χ4n) is 2.36. The van der Waals surface area contributed by atoms with E-state index >= 15 is 0 Å². The highest BCUT2D eigenvalue weighted by Crippen LogP contribution is 2.14. The maximum absolute atomic E-state index is 12.2. The van der Waals surface area contributed by atoms with E-state index in [2.05, 4.69) is 29.3 Å². The fourth-order valence-corrected chi connectivity index (χ4v) is 2.36. The van der Waals surface area contributed by atoms with Crippen molar-refractivity contribution in [3.05, 3.63) is 65.7 Å². The van der Waals surface area contributed by atoms with Crippen LogP contribution >= 0.6 is 0 Å². The number of hydrogen-bond donors (Lipinski definition) is 1. The highest BCUT2D eigenvalue weighted by atomic mass is 16.2. The number of amides is 1. The number of benzene rings is 2. The molecule has 0 saturated heterocycles. The highest BCUT2D eigenvalue weighted by molar-refractivity contribution is 6.00. The first kappa shape index (κ1) is 16.7. The van der Waals surface area contributed by atoms with E-state index < -0.39 is 0 Å². The average molecular weight is 309 g/mol. The third kappa shape index (κ3) is 4.42. The maximum Gasteiger partial charge on any atom is 0.271 e. The zero-order chi connectivity index (χ0) is 16.7. The lowest BCUT2D eigenvalue weighted by molar-refractivity contribution is 0.0955. The van der Waals surface area contributed by atoms with Gasteiger partial charge < -0.3 is 4.90 Å². The van der Waals surface area contributed by atoms with Gasteiger partial charge in [-0.15, -0.1) is 0 Å². The Morgan fingerprint density at radius 2 is 1.57 bits per heavy atom. The molecule has 4 heteroatoms. The summed E-state index contributed by atoms with van der Waals surface area (Å²) in [5.41, 5.74) is 6.10. The Morgan fingerprint density at radius 1 is 0.957 bits per heavy atom. The summed E-state index contributed by atoms with van der Waals surface area (Å²) >= 11 is 0. The number of anilines is 1. The van der Waals surface area contributed by atoms with E-state index in [-0.39, 0.29) is 5.91 Å². The van der Waals surface area contributed by atoms with Crippen molar-refractivity contribution in [1.29, 1.82) is 0 Å². The highest BCUT2D eigenvalue weighted by Gasteiger charge is 2.07. The van der Waals surface area contributed by atoms with Gasteiger partial charge in [-0.3, -0.25) is 4.79 Å². The molecular weight excluding hydrogens is 286 g/mol. The summed E-state index contributed by atoms with van der Waals surface area (Å²) in [4.78, 5) is 14.4. The van der Waals surface area contributed by atoms with Crippen molar-refractivity contribution >= 4 is 17.3 Å². The van der Waals surface area contributed by atoms with Gasteiger partial charge in [-0.1, -0.05) is 30.3 Å². The molecule has 0 heterocycles. The van der Waals surface area contributed by atoms with Gasteiger partial charge in [-0.05, 0) is 50.6 Å². The molecule has 4 nitrogen and oxygen atoms in total. The van der Waals surface area contributed by atoms with E-state index in [0.29, 0.717) is 5.56 Å². The Kier molecular flexibility index (Phi) is 5.92. The number of rotatable bonds is 6. The molecule has 0 aliphatic carbocycles. The van der Waals surface area contributed by atoms with Crippen LogP contribution in [-0.2, 0) is 0 Å². The Morgan fingerprint density at radius 3 is 2.13 bits per heavy atom. The Hall–Kier alpha value is -2.62. The number of carbonyl (C=O) groups excluding carboxylic acids is 1. The van der Waals surface area contributed by atoms with Crippen molar-refractivity contribution in [2.45, 2.75) is 20.8 Å². The minimum absolute atomic E-state index is 0.202. The van der Waals surface area contributed by atoms with Crippen molar-refractivity contribution in [2.24, 2.45) is 5.10 Å². The second-order valence-corrected chi connectivity index (χ2v) is 5.22. The van der Waals surface area contributed by atoms with Gasteiger partial charge in [0.05, 0.1) is 5.71 Å². The molecule has 120 valence electrons. The molecule has 2 rings (SSSR count). The zero-order valence-electron chi connectivity index (χ0n) is 13.9. The van der Waals surface area contributed by atoms with Crippen LogP contribution in [0.3, 0.4) is 0 Å². The monoisotopic (exact) mass is 309 g/mol. The fraction of sp³-hybridized carbons (Fsp3) is 0.263. The zero-order valence-corrected chi connectivity index (χ0v) is 13.9. The molecule has 0 bridgehead atoms. The number of nitrogens with one attached hydrogen (secondary N) is 1. The van der Waals surface area contributed by atoms with Gasteiger partial charge in [0.1, 0.15) is 0 Å². The van der Waals surface area contributed by atoms with Gasteiger partial charge in [-0.25, -0.2) is 5.43 Å². The second-order valence-electron chi connectivity index (χ2n) is 5.22. The largest absolute Gasteiger partial charge is 0.372 e. The molecule has 2 aromatic rings. The predicted molar refractivity (Wildman–Crippen MR) is 96.1 cm³/mol. The van der Waals surface area contributed by atoms with Crippen LogP contribution in [0.25, 0.3) is 0 Å². The molecule has 1 N–H and O–H groups in total. The van der Waals surface area contributed by atoms with Crippen LogP contribution in [0, 0.1) is 0 Å². The molecule has 0 aliphatic heterocycles. The van der Waals surface area contributed by atoms with Crippen LogP contribution in [-0.4, -0.2) is 24.7 Å². The van der Waals surface area contributed by atoms with Crippen LogP contribution in [0.15, 0.2) is 59.7 Å². The van der Waals surface area contributed by atoms with E-state index in [1.54, 1.807) is 0 Å². The number of hydrazone groups is 1. The lowest BCUT2D eigenvalue weighted by Crippen LogP contribution is -2.22. The summed E-state index contributed by atoms with van der Waals surface area (Å²) < 4.78 is 0. The average Bonchev–Trinajstić information content (AvgIpc) is 2.61. The third-order valence-electron chi connectivity index (χ3n) is 3.77. The van der Waals surface area contributed by atoms with Gasteiger partial charge in [0.15, 0.2) is 0 Å². The third-order valence-corrected chi connectivity index (χ3v) is 3.77. The van der Waals surface area contributed by atoms with Crippen molar-refractivity contribution in [3.63, 3.8) is 0 Å². The lowest BCUT2D eigenvalue weighted by Gasteiger charge is -2.20. The van der Waals surface area contributed by atoms with Crippen molar-refractivity contribution in [3.8, 4) is 0 Å². The first-order valence-electron chi connectivity index (χ1n) is 7.90. The standard InChI is InChI=1S/C19H23N3O/c1-4-22(5-2)18-13-11-17(12-14-18)19(23)21-20-15(3)16-9-7-6-8-10-16/h6-14H,4-5H2,1-3H3,(H,21,23)/b20-15-. The van der Waals surface area contributed by atoms with E-state index in [9.17, 15) is 4.79 Å². The molecule has 0 aromatic heterocycles. The molecule has 23 heavy (non-hydrogen) atoms. The second kappa shape index (κ2) is 8.13. The Balaban J connectivity index is 2.03. The molecule has 0 fully saturated rings. The first-order chi connectivity index (χ1) is 11.2. The number of carbonyl (C=O) groups is 1. The van der Waals surface area contributed by atoms with Crippen LogP contribution < -0.4 is 10.3 Å². The molecule has 0 saturated carbocycles. The molecular formula is C19H23N3O. The quantitative estimate of drug-likeness (QED) is 0.653. The Bertz CT molecular complexity index is 659. The van der Waals surface area contributed by atoms with Gasteiger partial charge >= 0.3 is 0 Å². The van der Waals surface area contributed by atoms with Crippen LogP contribution in [0.5, 0.6) is 0 Å². The van der Waals surface area contributed by atoms with Crippen molar-refractivity contribution in [2.75, 3.05) is 18.0 Å². The molecule has 0 spiro atoms. The number of hydrogen-bond acceptors (Lipinski definition) is 3. The normalized spacial score (nSPS) is 11.2. The van der Waals surface area contributed by atoms with Crippen molar-refractivity contribution < 1.29 is 4.79 Å². The summed E-state index contributed by atoms with van der Waals surface area (Å²) in [5.74, 6) is -0.202. The SMILES string of the molecule is CCN(CC)c1ccc(C(=O)N/N=C(/C)c2ccccc2)cc1. The summed E-state index contributed by atoms with van der Waals surface area (Å²) in [5, 5.41) is 4.17.